The van der Waals surface area contributed by atoms with E-state index in [1.54, 1.807) is 18.2 Å². The highest BCUT2D eigenvalue weighted by molar-refractivity contribution is 7.91. The molecule has 156 valence electrons. The maximum absolute atomic E-state index is 12.5. The Hall–Kier alpha value is -2.33. The molecule has 10 heteroatoms. The standard InChI is InChI=1S/C19H25N5O4S/c25-18(23-11-9-22(10-12-23)15-7-13-29(27,28)14-15)6-3-8-24-19(26)16-4-1-2-5-17(16)20-21-24/h1-2,4-5,15H,3,6-14H2/t15-/m1/s1. The summed E-state index contributed by atoms with van der Waals surface area (Å²) < 4.78 is 24.6. The third kappa shape index (κ3) is 4.48. The Labute approximate surface area is 169 Å². The van der Waals surface area contributed by atoms with Crippen molar-refractivity contribution in [1.29, 1.82) is 0 Å². The van der Waals surface area contributed by atoms with Gasteiger partial charge in [0.05, 0.1) is 16.9 Å². The highest BCUT2D eigenvalue weighted by Gasteiger charge is 2.34. The van der Waals surface area contributed by atoms with Gasteiger partial charge in [0.25, 0.3) is 5.56 Å². The van der Waals surface area contributed by atoms with Gasteiger partial charge in [-0.05, 0) is 25.0 Å². The van der Waals surface area contributed by atoms with Crippen molar-refractivity contribution < 1.29 is 13.2 Å². The highest BCUT2D eigenvalue weighted by Crippen LogP contribution is 2.19. The van der Waals surface area contributed by atoms with Gasteiger partial charge in [0, 0.05) is 45.2 Å². The highest BCUT2D eigenvalue weighted by atomic mass is 32.2. The molecule has 1 atom stereocenters. The van der Waals surface area contributed by atoms with E-state index in [2.05, 4.69) is 15.2 Å². The van der Waals surface area contributed by atoms with Gasteiger partial charge >= 0.3 is 0 Å². The fourth-order valence-electron chi connectivity index (χ4n) is 4.11. The molecule has 9 nitrogen and oxygen atoms in total. The number of fused-ring (bicyclic) bond motifs is 1. The van der Waals surface area contributed by atoms with Crippen LogP contribution in [0.5, 0.6) is 0 Å². The maximum atomic E-state index is 12.5. The van der Waals surface area contributed by atoms with E-state index in [1.807, 2.05) is 11.0 Å². The van der Waals surface area contributed by atoms with E-state index in [4.69, 9.17) is 0 Å². The van der Waals surface area contributed by atoms with Crippen LogP contribution in [-0.2, 0) is 21.2 Å². The number of carbonyl (C=O) groups is 1. The summed E-state index contributed by atoms with van der Waals surface area (Å²) in [5, 5.41) is 8.54. The van der Waals surface area contributed by atoms with Gasteiger partial charge in [-0.1, -0.05) is 17.3 Å². The zero-order valence-electron chi connectivity index (χ0n) is 16.2. The topological polar surface area (TPSA) is 105 Å². The summed E-state index contributed by atoms with van der Waals surface area (Å²) in [6.45, 7) is 3.00. The number of aryl methyl sites for hydroxylation is 1. The van der Waals surface area contributed by atoms with Crippen LogP contribution in [-0.4, -0.2) is 82.8 Å². The van der Waals surface area contributed by atoms with E-state index in [-0.39, 0.29) is 29.0 Å². The minimum atomic E-state index is -2.89. The lowest BCUT2D eigenvalue weighted by Gasteiger charge is -2.37. The molecule has 3 heterocycles. The lowest BCUT2D eigenvalue weighted by molar-refractivity contribution is -0.133. The van der Waals surface area contributed by atoms with E-state index in [1.165, 1.54) is 4.68 Å². The molecule has 0 N–H and O–H groups in total. The number of sulfone groups is 1. The van der Waals surface area contributed by atoms with Gasteiger partial charge in [-0.2, -0.15) is 0 Å². The average molecular weight is 420 g/mol. The summed E-state index contributed by atoms with van der Waals surface area (Å²) in [6, 6.07) is 7.17. The van der Waals surface area contributed by atoms with Crippen molar-refractivity contribution in [3.05, 3.63) is 34.6 Å². The molecule has 2 saturated heterocycles. The first-order valence-corrected chi connectivity index (χ1v) is 11.8. The zero-order valence-corrected chi connectivity index (χ0v) is 17.1. The molecule has 2 fully saturated rings. The Bertz CT molecular complexity index is 1060. The van der Waals surface area contributed by atoms with Crippen molar-refractivity contribution in [1.82, 2.24) is 24.8 Å². The number of hydrogen-bond donors (Lipinski definition) is 0. The maximum Gasteiger partial charge on any atom is 0.277 e. The predicted molar refractivity (Wildman–Crippen MR) is 108 cm³/mol. The van der Waals surface area contributed by atoms with E-state index >= 15 is 0 Å². The van der Waals surface area contributed by atoms with Crippen molar-refractivity contribution in [3.63, 3.8) is 0 Å². The summed E-state index contributed by atoms with van der Waals surface area (Å²) in [5.41, 5.74) is 0.376. The molecule has 1 aromatic carbocycles. The average Bonchev–Trinajstić information content (AvgIpc) is 3.09. The number of nitrogens with zero attached hydrogens (tertiary/aromatic N) is 5. The Morgan fingerprint density at radius 1 is 1.14 bits per heavy atom. The van der Waals surface area contributed by atoms with Crippen LogP contribution in [0.1, 0.15) is 19.3 Å². The molecule has 0 spiro atoms. The molecule has 1 amide bonds. The van der Waals surface area contributed by atoms with Crippen molar-refractivity contribution in [3.8, 4) is 0 Å². The van der Waals surface area contributed by atoms with Gasteiger partial charge in [-0.15, -0.1) is 5.10 Å². The lowest BCUT2D eigenvalue weighted by Crippen LogP contribution is -2.52. The Morgan fingerprint density at radius 2 is 1.90 bits per heavy atom. The van der Waals surface area contributed by atoms with Crippen LogP contribution in [0.15, 0.2) is 29.1 Å². The summed E-state index contributed by atoms with van der Waals surface area (Å²) in [5.74, 6) is 0.571. The minimum Gasteiger partial charge on any atom is -0.340 e. The second-order valence-corrected chi connectivity index (χ2v) is 9.94. The van der Waals surface area contributed by atoms with Gasteiger partial charge < -0.3 is 4.90 Å². The minimum absolute atomic E-state index is 0.0606. The summed E-state index contributed by atoms with van der Waals surface area (Å²) in [7, 11) is -2.89. The van der Waals surface area contributed by atoms with Gasteiger partial charge in [-0.3, -0.25) is 14.5 Å². The van der Waals surface area contributed by atoms with Crippen LogP contribution in [0.4, 0.5) is 0 Å². The van der Waals surface area contributed by atoms with Crippen LogP contribution in [0.25, 0.3) is 10.9 Å². The number of aromatic nitrogens is 3. The molecule has 0 bridgehead atoms. The number of hydrogen-bond acceptors (Lipinski definition) is 7. The number of carbonyl (C=O) groups excluding carboxylic acids is 1. The summed E-state index contributed by atoms with van der Waals surface area (Å²) in [4.78, 5) is 29.0. The van der Waals surface area contributed by atoms with Crippen molar-refractivity contribution in [2.24, 2.45) is 0 Å². The van der Waals surface area contributed by atoms with E-state index in [9.17, 15) is 18.0 Å². The van der Waals surface area contributed by atoms with Crippen molar-refractivity contribution in [2.75, 3.05) is 37.7 Å². The van der Waals surface area contributed by atoms with E-state index in [0.29, 0.717) is 62.9 Å². The van der Waals surface area contributed by atoms with E-state index < -0.39 is 9.84 Å². The molecule has 1 aromatic heterocycles. The van der Waals surface area contributed by atoms with E-state index in [0.717, 1.165) is 0 Å². The number of piperazine rings is 1. The van der Waals surface area contributed by atoms with Gasteiger partial charge in [0.2, 0.25) is 5.91 Å². The summed E-state index contributed by atoms with van der Waals surface area (Å²) >= 11 is 0. The molecule has 0 saturated carbocycles. The third-order valence-electron chi connectivity index (χ3n) is 5.78. The molecule has 0 radical (unpaired) electrons. The number of amides is 1. The van der Waals surface area contributed by atoms with Crippen LogP contribution in [0.3, 0.4) is 0 Å². The molecule has 0 aliphatic carbocycles. The molecule has 2 aliphatic rings. The molecule has 2 aromatic rings. The van der Waals surface area contributed by atoms with Crippen LogP contribution in [0, 0.1) is 0 Å². The first-order chi connectivity index (χ1) is 13.9. The monoisotopic (exact) mass is 419 g/mol. The second-order valence-electron chi connectivity index (χ2n) is 7.71. The molecule has 29 heavy (non-hydrogen) atoms. The van der Waals surface area contributed by atoms with Crippen LogP contribution >= 0.6 is 0 Å². The Morgan fingerprint density at radius 3 is 2.62 bits per heavy atom. The second kappa shape index (κ2) is 8.19. The largest absolute Gasteiger partial charge is 0.340 e. The SMILES string of the molecule is O=C(CCCn1nnc2ccccc2c1=O)N1CCN([C@@H]2CCS(=O)(=O)C2)CC1. The third-order valence-corrected chi connectivity index (χ3v) is 7.53. The summed E-state index contributed by atoms with van der Waals surface area (Å²) in [6.07, 6.45) is 1.56. The smallest absolute Gasteiger partial charge is 0.277 e. The van der Waals surface area contributed by atoms with Crippen molar-refractivity contribution in [2.45, 2.75) is 31.8 Å². The predicted octanol–water partition coefficient (Wildman–Crippen LogP) is -0.0970. The lowest BCUT2D eigenvalue weighted by atomic mass is 10.1. The van der Waals surface area contributed by atoms with Crippen molar-refractivity contribution >= 4 is 26.6 Å². The Balaban J connectivity index is 1.26. The molecular formula is C19H25N5O4S. The normalized spacial score (nSPS) is 22.2. The zero-order chi connectivity index (χ0) is 20.4. The fourth-order valence-corrected chi connectivity index (χ4v) is 5.87. The molecular weight excluding hydrogens is 394 g/mol. The molecule has 4 rings (SSSR count). The van der Waals surface area contributed by atoms with Gasteiger partial charge in [0.15, 0.2) is 9.84 Å². The molecule has 2 aliphatic heterocycles. The first-order valence-electron chi connectivity index (χ1n) is 9.98. The van der Waals surface area contributed by atoms with Crippen LogP contribution in [0.2, 0.25) is 0 Å². The quantitative estimate of drug-likeness (QED) is 0.666. The Kier molecular flexibility index (Phi) is 5.64. The number of rotatable bonds is 5. The van der Waals surface area contributed by atoms with Crippen LogP contribution < -0.4 is 5.56 Å². The van der Waals surface area contributed by atoms with Gasteiger partial charge in [-0.25, -0.2) is 13.1 Å². The molecule has 0 unspecified atom stereocenters. The fraction of sp³-hybridized carbons (Fsp3) is 0.579. The number of benzene rings is 1. The van der Waals surface area contributed by atoms with Gasteiger partial charge in [0.1, 0.15) is 5.52 Å². The first kappa shape index (κ1) is 20.0.